The molecule has 6 heteroatoms. The highest BCUT2D eigenvalue weighted by Gasteiger charge is 2.33. The Labute approximate surface area is 152 Å². The summed E-state index contributed by atoms with van der Waals surface area (Å²) in [7, 11) is 3.41. The Morgan fingerprint density at radius 2 is 1.43 bits per heavy atom. The molecule has 1 atom stereocenters. The maximum atomic E-state index is 5.44. The summed E-state index contributed by atoms with van der Waals surface area (Å²) in [6, 6.07) is 6.56. The second-order valence-electron chi connectivity index (χ2n) is 6.70. The minimum absolute atomic E-state index is 0. The van der Waals surface area contributed by atoms with Gasteiger partial charge in [-0.25, -0.2) is 0 Å². The molecular formula is C17H30Cl2N2O2. The average molecular weight is 365 g/mol. The molecule has 1 aromatic carbocycles. The molecule has 0 aromatic heterocycles. The second-order valence-corrected chi connectivity index (χ2v) is 6.70. The minimum atomic E-state index is 0. The van der Waals surface area contributed by atoms with Crippen LogP contribution in [0.1, 0.15) is 32.4 Å². The van der Waals surface area contributed by atoms with Crippen LogP contribution in [0.25, 0.3) is 0 Å². The van der Waals surface area contributed by atoms with E-state index in [2.05, 4.69) is 43.1 Å². The molecule has 4 nitrogen and oxygen atoms in total. The van der Waals surface area contributed by atoms with E-state index in [4.69, 9.17) is 9.47 Å². The van der Waals surface area contributed by atoms with Crippen LogP contribution < -0.4 is 14.8 Å². The molecule has 0 radical (unpaired) electrons. The van der Waals surface area contributed by atoms with E-state index < -0.39 is 0 Å². The third kappa shape index (κ3) is 5.71. The van der Waals surface area contributed by atoms with E-state index in [0.29, 0.717) is 6.04 Å². The fourth-order valence-electron chi connectivity index (χ4n) is 3.19. The second kappa shape index (κ2) is 9.58. The minimum Gasteiger partial charge on any atom is -0.497 e. The molecule has 1 saturated heterocycles. The van der Waals surface area contributed by atoms with E-state index in [-0.39, 0.29) is 30.2 Å². The van der Waals surface area contributed by atoms with E-state index in [1.54, 1.807) is 14.2 Å². The first-order valence-electron chi connectivity index (χ1n) is 7.63. The van der Waals surface area contributed by atoms with Crippen LogP contribution in [0.3, 0.4) is 0 Å². The topological polar surface area (TPSA) is 33.7 Å². The third-order valence-electron chi connectivity index (χ3n) is 4.03. The number of rotatable bonds is 4. The van der Waals surface area contributed by atoms with Crippen LogP contribution >= 0.6 is 24.8 Å². The number of methoxy groups -OCH3 is 2. The zero-order chi connectivity index (χ0) is 15.5. The maximum absolute atomic E-state index is 5.44. The standard InChI is InChI=1S/C17H28N2O2.2ClH/c1-17(2,3)16(19-8-6-18-7-9-19)13-10-14(20-4)12-15(11-13)21-5;;/h10-12,16,18H,6-9H2,1-5H3;2*1H/t16-;;/m0../s1. The highest BCUT2D eigenvalue weighted by atomic mass is 35.5. The molecule has 23 heavy (non-hydrogen) atoms. The normalized spacial score (nSPS) is 16.7. The van der Waals surface area contributed by atoms with Gasteiger partial charge in [-0.3, -0.25) is 4.90 Å². The Balaban J connectivity index is 0.00000242. The molecule has 0 spiro atoms. The molecule has 0 amide bonds. The lowest BCUT2D eigenvalue weighted by molar-refractivity contribution is 0.0859. The third-order valence-corrected chi connectivity index (χ3v) is 4.03. The predicted octanol–water partition coefficient (Wildman–Crippen LogP) is 3.54. The van der Waals surface area contributed by atoms with Gasteiger partial charge in [0.25, 0.3) is 0 Å². The molecule has 0 unspecified atom stereocenters. The van der Waals surface area contributed by atoms with E-state index in [1.807, 2.05) is 6.07 Å². The quantitative estimate of drug-likeness (QED) is 0.885. The van der Waals surface area contributed by atoms with Gasteiger partial charge < -0.3 is 14.8 Å². The summed E-state index contributed by atoms with van der Waals surface area (Å²) in [5.41, 5.74) is 1.41. The molecular weight excluding hydrogens is 335 g/mol. The molecule has 134 valence electrons. The van der Waals surface area contributed by atoms with Crippen molar-refractivity contribution in [3.8, 4) is 11.5 Å². The summed E-state index contributed by atoms with van der Waals surface area (Å²) in [4.78, 5) is 2.56. The van der Waals surface area contributed by atoms with Crippen LogP contribution in [0.5, 0.6) is 11.5 Å². The Kier molecular flexibility index (Phi) is 9.29. The van der Waals surface area contributed by atoms with Gasteiger partial charge in [0.05, 0.1) is 14.2 Å². The number of nitrogens with zero attached hydrogens (tertiary/aromatic N) is 1. The monoisotopic (exact) mass is 364 g/mol. The van der Waals surface area contributed by atoms with Crippen LogP contribution in [-0.4, -0.2) is 45.3 Å². The number of ether oxygens (including phenoxy) is 2. The van der Waals surface area contributed by atoms with E-state index in [1.165, 1.54) is 5.56 Å². The van der Waals surface area contributed by atoms with Gasteiger partial charge in [0.15, 0.2) is 0 Å². The first-order valence-corrected chi connectivity index (χ1v) is 7.63. The molecule has 1 N–H and O–H groups in total. The molecule has 1 aliphatic rings. The van der Waals surface area contributed by atoms with Gasteiger partial charge in [0, 0.05) is 38.3 Å². The SMILES string of the molecule is COc1cc(OC)cc([C@H](N2CCNCC2)C(C)(C)C)c1.Cl.Cl. The van der Waals surface area contributed by atoms with Crippen LogP contribution in [0.4, 0.5) is 0 Å². The maximum Gasteiger partial charge on any atom is 0.122 e. The molecule has 0 aliphatic carbocycles. The molecule has 1 aliphatic heterocycles. The van der Waals surface area contributed by atoms with Crippen molar-refractivity contribution < 1.29 is 9.47 Å². The summed E-state index contributed by atoms with van der Waals surface area (Å²) >= 11 is 0. The van der Waals surface area contributed by atoms with Crippen molar-refractivity contribution in [2.75, 3.05) is 40.4 Å². The smallest absolute Gasteiger partial charge is 0.122 e. The van der Waals surface area contributed by atoms with Crippen molar-refractivity contribution in [2.45, 2.75) is 26.8 Å². The number of hydrogen-bond donors (Lipinski definition) is 1. The average Bonchev–Trinajstić information content (AvgIpc) is 2.46. The lowest BCUT2D eigenvalue weighted by Gasteiger charge is -2.42. The lowest BCUT2D eigenvalue weighted by Crippen LogP contribution is -2.48. The Hall–Kier alpha value is -0.680. The number of hydrogen-bond acceptors (Lipinski definition) is 4. The highest BCUT2D eigenvalue weighted by molar-refractivity contribution is 5.85. The van der Waals surface area contributed by atoms with Crippen LogP contribution in [0.15, 0.2) is 18.2 Å². The van der Waals surface area contributed by atoms with Gasteiger partial charge in [0.2, 0.25) is 0 Å². The van der Waals surface area contributed by atoms with Crippen molar-refractivity contribution >= 4 is 24.8 Å². The molecule has 1 heterocycles. The highest BCUT2D eigenvalue weighted by Crippen LogP contribution is 2.40. The molecule has 2 rings (SSSR count). The van der Waals surface area contributed by atoms with Crippen LogP contribution in [0.2, 0.25) is 0 Å². The van der Waals surface area contributed by atoms with Crippen molar-refractivity contribution in [2.24, 2.45) is 5.41 Å². The number of piperazine rings is 1. The summed E-state index contributed by atoms with van der Waals surface area (Å²) < 4.78 is 10.9. The molecule has 1 fully saturated rings. The zero-order valence-electron chi connectivity index (χ0n) is 14.7. The van der Waals surface area contributed by atoms with Crippen molar-refractivity contribution in [3.05, 3.63) is 23.8 Å². The van der Waals surface area contributed by atoms with Gasteiger partial charge >= 0.3 is 0 Å². The Morgan fingerprint density at radius 1 is 0.957 bits per heavy atom. The Bertz CT molecular complexity index is 450. The van der Waals surface area contributed by atoms with Crippen molar-refractivity contribution in [1.29, 1.82) is 0 Å². The van der Waals surface area contributed by atoms with Gasteiger partial charge in [-0.1, -0.05) is 20.8 Å². The van der Waals surface area contributed by atoms with Crippen molar-refractivity contribution in [3.63, 3.8) is 0 Å². The summed E-state index contributed by atoms with van der Waals surface area (Å²) in [6.07, 6.45) is 0. The number of halogens is 2. The van der Waals surface area contributed by atoms with Crippen LogP contribution in [-0.2, 0) is 0 Å². The zero-order valence-corrected chi connectivity index (χ0v) is 16.4. The number of benzene rings is 1. The largest absolute Gasteiger partial charge is 0.497 e. The summed E-state index contributed by atoms with van der Waals surface area (Å²) in [5.74, 6) is 1.71. The van der Waals surface area contributed by atoms with Gasteiger partial charge in [0.1, 0.15) is 11.5 Å². The Morgan fingerprint density at radius 3 is 1.83 bits per heavy atom. The van der Waals surface area contributed by atoms with Crippen molar-refractivity contribution in [1.82, 2.24) is 10.2 Å². The fraction of sp³-hybridized carbons (Fsp3) is 0.647. The molecule has 0 bridgehead atoms. The molecule has 0 saturated carbocycles. The molecule has 1 aromatic rings. The van der Waals surface area contributed by atoms with Gasteiger partial charge in [-0.2, -0.15) is 0 Å². The van der Waals surface area contributed by atoms with Crippen LogP contribution in [0, 0.1) is 5.41 Å². The first-order chi connectivity index (χ1) is 9.95. The first kappa shape index (κ1) is 22.3. The lowest BCUT2D eigenvalue weighted by atomic mass is 9.80. The summed E-state index contributed by atoms with van der Waals surface area (Å²) in [6.45, 7) is 11.1. The van der Waals surface area contributed by atoms with E-state index in [9.17, 15) is 0 Å². The predicted molar refractivity (Wildman–Crippen MR) is 101 cm³/mol. The van der Waals surface area contributed by atoms with E-state index in [0.717, 1.165) is 37.7 Å². The summed E-state index contributed by atoms with van der Waals surface area (Å²) in [5, 5.41) is 3.43. The van der Waals surface area contributed by atoms with Gasteiger partial charge in [-0.05, 0) is 23.1 Å². The fourth-order valence-corrected chi connectivity index (χ4v) is 3.19. The van der Waals surface area contributed by atoms with E-state index >= 15 is 0 Å². The van der Waals surface area contributed by atoms with Gasteiger partial charge in [-0.15, -0.1) is 24.8 Å². The number of nitrogens with one attached hydrogen (secondary N) is 1.